The SMILES string of the molecule is NC(=O)c1ccc(OCc2c(C(=O)O)sc3cccc(F)c23)cc1Cl. The zero-order valence-electron chi connectivity index (χ0n) is 12.6. The molecule has 8 heteroatoms. The first-order valence-electron chi connectivity index (χ1n) is 7.04. The third-order valence-corrected chi connectivity index (χ3v) is 5.04. The first kappa shape index (κ1) is 17.2. The number of benzene rings is 2. The molecule has 0 radical (unpaired) electrons. The number of carboxylic acid groups (broad SMARTS) is 1. The average Bonchev–Trinajstić information content (AvgIpc) is 2.93. The largest absolute Gasteiger partial charge is 0.489 e. The second-order valence-electron chi connectivity index (χ2n) is 5.12. The fraction of sp³-hybridized carbons (Fsp3) is 0.0588. The molecule has 0 saturated heterocycles. The van der Waals surface area contributed by atoms with Gasteiger partial charge in [-0.05, 0) is 30.3 Å². The summed E-state index contributed by atoms with van der Waals surface area (Å²) in [6.07, 6.45) is 0. The Morgan fingerprint density at radius 2 is 2.04 bits per heavy atom. The Hall–Kier alpha value is -2.64. The molecule has 0 aliphatic rings. The molecule has 1 aromatic heterocycles. The zero-order valence-corrected chi connectivity index (χ0v) is 14.2. The minimum atomic E-state index is -1.15. The van der Waals surface area contributed by atoms with Crippen LogP contribution in [0.4, 0.5) is 4.39 Å². The summed E-state index contributed by atoms with van der Waals surface area (Å²) in [4.78, 5) is 22.6. The van der Waals surface area contributed by atoms with Gasteiger partial charge in [0.25, 0.3) is 0 Å². The highest BCUT2D eigenvalue weighted by Crippen LogP contribution is 2.34. The summed E-state index contributed by atoms with van der Waals surface area (Å²) in [5.41, 5.74) is 5.57. The molecule has 25 heavy (non-hydrogen) atoms. The molecule has 0 fully saturated rings. The van der Waals surface area contributed by atoms with Crippen LogP contribution in [-0.2, 0) is 6.61 Å². The molecule has 0 saturated carbocycles. The highest BCUT2D eigenvalue weighted by atomic mass is 35.5. The smallest absolute Gasteiger partial charge is 0.346 e. The number of nitrogens with two attached hydrogens (primary N) is 1. The van der Waals surface area contributed by atoms with Gasteiger partial charge in [-0.15, -0.1) is 11.3 Å². The molecule has 1 amide bonds. The third kappa shape index (κ3) is 3.29. The van der Waals surface area contributed by atoms with Crippen molar-refractivity contribution < 1.29 is 23.8 Å². The molecule has 0 aliphatic heterocycles. The summed E-state index contributed by atoms with van der Waals surface area (Å²) in [5, 5.41) is 9.70. The van der Waals surface area contributed by atoms with Crippen LogP contribution in [0.2, 0.25) is 5.02 Å². The normalized spacial score (nSPS) is 10.8. The van der Waals surface area contributed by atoms with Gasteiger partial charge in [0, 0.05) is 15.6 Å². The Morgan fingerprint density at radius 1 is 1.28 bits per heavy atom. The summed E-state index contributed by atoms with van der Waals surface area (Å²) in [6.45, 7) is -0.158. The van der Waals surface area contributed by atoms with E-state index in [1.54, 1.807) is 6.07 Å². The molecular weight excluding hydrogens is 369 g/mol. The van der Waals surface area contributed by atoms with E-state index in [2.05, 4.69) is 0 Å². The van der Waals surface area contributed by atoms with Crippen molar-refractivity contribution in [3.63, 3.8) is 0 Å². The number of primary amides is 1. The Bertz CT molecular complexity index is 1000. The number of hydrogen-bond donors (Lipinski definition) is 2. The van der Waals surface area contributed by atoms with Crippen LogP contribution in [0, 0.1) is 5.82 Å². The van der Waals surface area contributed by atoms with Crippen LogP contribution in [0.5, 0.6) is 5.75 Å². The van der Waals surface area contributed by atoms with Crippen LogP contribution < -0.4 is 10.5 Å². The van der Waals surface area contributed by atoms with E-state index < -0.39 is 17.7 Å². The quantitative estimate of drug-likeness (QED) is 0.699. The van der Waals surface area contributed by atoms with Crippen molar-refractivity contribution in [3.05, 3.63) is 63.2 Å². The van der Waals surface area contributed by atoms with E-state index in [-0.39, 0.29) is 33.0 Å². The maximum atomic E-state index is 14.1. The summed E-state index contributed by atoms with van der Waals surface area (Å²) in [7, 11) is 0. The third-order valence-electron chi connectivity index (χ3n) is 3.55. The first-order valence-corrected chi connectivity index (χ1v) is 8.23. The van der Waals surface area contributed by atoms with E-state index >= 15 is 0 Å². The van der Waals surface area contributed by atoms with Crippen molar-refractivity contribution in [1.29, 1.82) is 0 Å². The second-order valence-corrected chi connectivity index (χ2v) is 6.58. The second kappa shape index (κ2) is 6.70. The molecule has 0 bridgehead atoms. The Kier molecular flexibility index (Phi) is 4.61. The summed E-state index contributed by atoms with van der Waals surface area (Å²) in [5.74, 6) is -2.03. The molecule has 1 heterocycles. The number of carbonyl (C=O) groups is 2. The topological polar surface area (TPSA) is 89.6 Å². The standard InChI is InChI=1S/C17H11ClFNO4S/c18-11-6-8(4-5-9(11)16(20)21)24-7-10-14-12(19)2-1-3-13(14)25-15(10)17(22)23/h1-6H,7H2,(H2,20,21)(H,22,23). The molecule has 2 aromatic carbocycles. The minimum Gasteiger partial charge on any atom is -0.489 e. The van der Waals surface area contributed by atoms with E-state index in [0.29, 0.717) is 10.4 Å². The van der Waals surface area contributed by atoms with Gasteiger partial charge in [-0.25, -0.2) is 9.18 Å². The van der Waals surface area contributed by atoms with E-state index in [9.17, 15) is 19.1 Å². The number of aromatic carboxylic acids is 1. The van der Waals surface area contributed by atoms with Crippen molar-refractivity contribution in [1.82, 2.24) is 0 Å². The number of rotatable bonds is 5. The fourth-order valence-corrected chi connectivity index (χ4v) is 3.74. The number of carboxylic acids is 1. The van der Waals surface area contributed by atoms with Crippen molar-refractivity contribution in [2.24, 2.45) is 5.73 Å². The molecular formula is C17H11ClFNO4S. The molecule has 3 rings (SSSR count). The lowest BCUT2D eigenvalue weighted by atomic mass is 10.1. The number of ether oxygens (including phenoxy) is 1. The Labute approximate surface area is 150 Å². The average molecular weight is 380 g/mol. The highest BCUT2D eigenvalue weighted by Gasteiger charge is 2.21. The van der Waals surface area contributed by atoms with E-state index in [4.69, 9.17) is 22.1 Å². The van der Waals surface area contributed by atoms with E-state index in [0.717, 1.165) is 11.3 Å². The first-order chi connectivity index (χ1) is 11.9. The Morgan fingerprint density at radius 3 is 2.68 bits per heavy atom. The Balaban J connectivity index is 1.96. The molecule has 3 N–H and O–H groups in total. The molecule has 0 spiro atoms. The fourth-order valence-electron chi connectivity index (χ4n) is 2.42. The van der Waals surface area contributed by atoms with Crippen LogP contribution in [0.3, 0.4) is 0 Å². The van der Waals surface area contributed by atoms with Crippen molar-refractivity contribution in [3.8, 4) is 5.75 Å². The van der Waals surface area contributed by atoms with Gasteiger partial charge in [0.1, 0.15) is 23.1 Å². The van der Waals surface area contributed by atoms with Crippen molar-refractivity contribution in [2.75, 3.05) is 0 Å². The van der Waals surface area contributed by atoms with Gasteiger partial charge >= 0.3 is 5.97 Å². The van der Waals surface area contributed by atoms with Gasteiger partial charge in [-0.1, -0.05) is 17.7 Å². The maximum absolute atomic E-state index is 14.1. The van der Waals surface area contributed by atoms with Gasteiger partial charge in [0.05, 0.1) is 10.6 Å². The van der Waals surface area contributed by atoms with Gasteiger partial charge < -0.3 is 15.6 Å². The van der Waals surface area contributed by atoms with Crippen LogP contribution in [-0.4, -0.2) is 17.0 Å². The summed E-state index contributed by atoms with van der Waals surface area (Å²) < 4.78 is 20.2. The number of halogens is 2. The molecule has 0 aliphatic carbocycles. The van der Waals surface area contributed by atoms with Crippen LogP contribution in [0.15, 0.2) is 36.4 Å². The number of amides is 1. The van der Waals surface area contributed by atoms with Crippen molar-refractivity contribution >= 4 is 44.9 Å². The van der Waals surface area contributed by atoms with Crippen LogP contribution >= 0.6 is 22.9 Å². The minimum absolute atomic E-state index is 0.0138. The number of hydrogen-bond acceptors (Lipinski definition) is 4. The van der Waals surface area contributed by atoms with Crippen molar-refractivity contribution in [2.45, 2.75) is 6.61 Å². The number of thiophene rings is 1. The van der Waals surface area contributed by atoms with Gasteiger partial charge in [-0.3, -0.25) is 4.79 Å². The number of fused-ring (bicyclic) bond motifs is 1. The molecule has 3 aromatic rings. The van der Waals surface area contributed by atoms with E-state index in [1.807, 2.05) is 0 Å². The van der Waals surface area contributed by atoms with Crippen LogP contribution in [0.1, 0.15) is 25.6 Å². The highest BCUT2D eigenvalue weighted by molar-refractivity contribution is 7.21. The van der Waals surface area contributed by atoms with Gasteiger partial charge in [-0.2, -0.15) is 0 Å². The molecule has 5 nitrogen and oxygen atoms in total. The maximum Gasteiger partial charge on any atom is 0.346 e. The predicted molar refractivity (Wildman–Crippen MR) is 93.0 cm³/mol. The summed E-state index contributed by atoms with van der Waals surface area (Å²) >= 11 is 6.94. The van der Waals surface area contributed by atoms with Gasteiger partial charge in [0.15, 0.2) is 0 Å². The molecule has 0 atom stereocenters. The van der Waals surface area contributed by atoms with E-state index in [1.165, 1.54) is 30.3 Å². The lowest BCUT2D eigenvalue weighted by Crippen LogP contribution is -2.11. The lowest BCUT2D eigenvalue weighted by molar-refractivity contribution is 0.0699. The lowest BCUT2D eigenvalue weighted by Gasteiger charge is -2.09. The summed E-state index contributed by atoms with van der Waals surface area (Å²) in [6, 6.07) is 8.72. The number of carbonyl (C=O) groups excluding carboxylic acids is 1. The molecule has 128 valence electrons. The van der Waals surface area contributed by atoms with Gasteiger partial charge in [0.2, 0.25) is 5.91 Å². The zero-order chi connectivity index (χ0) is 18.1. The van der Waals surface area contributed by atoms with Crippen LogP contribution in [0.25, 0.3) is 10.1 Å². The monoisotopic (exact) mass is 379 g/mol. The molecule has 0 unspecified atom stereocenters. The predicted octanol–water partition coefficient (Wildman–Crippen LogP) is 4.07.